The highest BCUT2D eigenvalue weighted by Gasteiger charge is 2.18. The van der Waals surface area contributed by atoms with Crippen LogP contribution in [0.25, 0.3) is 0 Å². The number of aliphatic hydroxyl groups excluding tert-OH is 1. The molecule has 1 aromatic rings. The molecule has 1 N–H and O–H groups in total. The molecule has 2 heterocycles. The highest BCUT2D eigenvalue weighted by molar-refractivity contribution is 9.10. The van der Waals surface area contributed by atoms with Gasteiger partial charge >= 0.3 is 0 Å². The normalized spacial score (nSPS) is 16.2. The van der Waals surface area contributed by atoms with Gasteiger partial charge in [-0.25, -0.2) is 0 Å². The van der Waals surface area contributed by atoms with Crippen LogP contribution in [0.1, 0.15) is 15.3 Å². The zero-order valence-electron chi connectivity index (χ0n) is 6.47. The second kappa shape index (κ2) is 3.70. The Balaban J connectivity index is 2.44. The lowest BCUT2D eigenvalue weighted by Crippen LogP contribution is -1.97. The molecule has 4 heteroatoms. The maximum Gasteiger partial charge on any atom is 0.0786 e. The van der Waals surface area contributed by atoms with Crippen LogP contribution in [0.5, 0.6) is 0 Å². The van der Waals surface area contributed by atoms with E-state index in [4.69, 9.17) is 5.11 Å². The summed E-state index contributed by atoms with van der Waals surface area (Å²) >= 11 is 7.26. The van der Waals surface area contributed by atoms with Gasteiger partial charge in [0.1, 0.15) is 0 Å². The lowest BCUT2D eigenvalue weighted by atomic mass is 10.2. The molecule has 0 radical (unpaired) electrons. The molecule has 0 spiro atoms. The second-order valence-corrected chi connectivity index (χ2v) is 5.79. The van der Waals surface area contributed by atoms with Crippen molar-refractivity contribution in [3.63, 3.8) is 0 Å². The topological polar surface area (TPSA) is 20.2 Å². The summed E-state index contributed by atoms with van der Waals surface area (Å²) in [4.78, 5) is 2.55. The van der Waals surface area contributed by atoms with Crippen molar-refractivity contribution in [1.82, 2.24) is 0 Å². The smallest absolute Gasteiger partial charge is 0.0786 e. The average molecular weight is 265 g/mol. The van der Waals surface area contributed by atoms with E-state index in [0.717, 1.165) is 15.1 Å². The Bertz CT molecular complexity index is 295. The van der Waals surface area contributed by atoms with Crippen LogP contribution in [0.15, 0.2) is 4.47 Å². The molecule has 0 bridgehead atoms. The minimum Gasteiger partial charge on any atom is -0.391 e. The average Bonchev–Trinajstić information content (AvgIpc) is 2.44. The van der Waals surface area contributed by atoms with Crippen molar-refractivity contribution in [2.24, 2.45) is 0 Å². The number of hydrogen-bond acceptors (Lipinski definition) is 3. The standard InChI is InChI=1S/C8H9BrOS2/c9-8-5-4-11-2-1-6(5)12-7(8)3-10/h10H,1-4H2. The number of fused-ring (bicyclic) bond motifs is 1. The maximum atomic E-state index is 9.04. The van der Waals surface area contributed by atoms with E-state index in [1.807, 2.05) is 11.8 Å². The van der Waals surface area contributed by atoms with E-state index in [0.29, 0.717) is 0 Å². The van der Waals surface area contributed by atoms with Crippen molar-refractivity contribution in [2.45, 2.75) is 18.8 Å². The van der Waals surface area contributed by atoms with E-state index < -0.39 is 0 Å². The molecular weight excluding hydrogens is 256 g/mol. The second-order valence-electron chi connectivity index (χ2n) is 2.70. The number of thioether (sulfide) groups is 1. The number of thiophene rings is 1. The van der Waals surface area contributed by atoms with E-state index >= 15 is 0 Å². The molecule has 0 saturated heterocycles. The van der Waals surface area contributed by atoms with Crippen LogP contribution in [-0.2, 0) is 18.8 Å². The highest BCUT2D eigenvalue weighted by atomic mass is 79.9. The number of aryl methyl sites for hydroxylation is 1. The molecule has 2 rings (SSSR count). The van der Waals surface area contributed by atoms with Crippen LogP contribution in [-0.4, -0.2) is 10.9 Å². The van der Waals surface area contributed by atoms with Gasteiger partial charge in [0.25, 0.3) is 0 Å². The largest absolute Gasteiger partial charge is 0.391 e. The van der Waals surface area contributed by atoms with Crippen LogP contribution >= 0.6 is 39.0 Å². The van der Waals surface area contributed by atoms with Crippen molar-refractivity contribution in [3.8, 4) is 0 Å². The summed E-state index contributed by atoms with van der Waals surface area (Å²) in [5, 5.41) is 9.04. The van der Waals surface area contributed by atoms with Gasteiger partial charge in [-0.05, 0) is 33.7 Å². The Morgan fingerprint density at radius 1 is 1.50 bits per heavy atom. The zero-order valence-corrected chi connectivity index (χ0v) is 9.69. The van der Waals surface area contributed by atoms with Gasteiger partial charge in [0.2, 0.25) is 0 Å². The quantitative estimate of drug-likeness (QED) is 0.842. The van der Waals surface area contributed by atoms with E-state index in [1.54, 1.807) is 11.3 Å². The summed E-state index contributed by atoms with van der Waals surface area (Å²) in [5.74, 6) is 2.33. The Morgan fingerprint density at radius 3 is 3.00 bits per heavy atom. The van der Waals surface area contributed by atoms with Crippen LogP contribution in [0.3, 0.4) is 0 Å². The summed E-state index contributed by atoms with van der Waals surface area (Å²) in [7, 11) is 0. The van der Waals surface area contributed by atoms with Gasteiger partial charge in [-0.15, -0.1) is 11.3 Å². The maximum absolute atomic E-state index is 9.04. The van der Waals surface area contributed by atoms with E-state index in [-0.39, 0.29) is 6.61 Å². The Morgan fingerprint density at radius 2 is 2.33 bits per heavy atom. The molecule has 66 valence electrons. The molecule has 0 unspecified atom stereocenters. The first-order valence-electron chi connectivity index (χ1n) is 3.80. The molecule has 0 saturated carbocycles. The number of aliphatic hydroxyl groups is 1. The molecule has 0 aliphatic carbocycles. The number of hydrogen-bond donors (Lipinski definition) is 1. The Labute approximate surface area is 88.3 Å². The fraction of sp³-hybridized carbons (Fsp3) is 0.500. The van der Waals surface area contributed by atoms with Gasteiger partial charge in [-0.3, -0.25) is 0 Å². The van der Waals surface area contributed by atoms with Crippen molar-refractivity contribution in [2.75, 3.05) is 5.75 Å². The molecule has 12 heavy (non-hydrogen) atoms. The third-order valence-electron chi connectivity index (χ3n) is 1.96. The summed E-state index contributed by atoms with van der Waals surface area (Å²) in [6.07, 6.45) is 1.17. The van der Waals surface area contributed by atoms with E-state index in [1.165, 1.54) is 22.6 Å². The fourth-order valence-electron chi connectivity index (χ4n) is 1.33. The zero-order chi connectivity index (χ0) is 8.55. The molecular formula is C8H9BrOS2. The lowest BCUT2D eigenvalue weighted by Gasteiger charge is -2.09. The first kappa shape index (κ1) is 9.06. The molecule has 0 atom stereocenters. The molecule has 1 aliphatic rings. The summed E-state index contributed by atoms with van der Waals surface area (Å²) < 4.78 is 1.15. The Kier molecular flexibility index (Phi) is 2.79. The SMILES string of the molecule is OCc1sc2c(c1Br)CSCC2. The van der Waals surface area contributed by atoms with Crippen molar-refractivity contribution >= 4 is 39.0 Å². The van der Waals surface area contributed by atoms with Gasteiger partial charge in [-0.2, -0.15) is 11.8 Å². The van der Waals surface area contributed by atoms with Crippen LogP contribution in [0, 0.1) is 0 Å². The van der Waals surface area contributed by atoms with Gasteiger partial charge in [0, 0.05) is 20.0 Å². The molecule has 0 amide bonds. The predicted molar refractivity (Wildman–Crippen MR) is 57.8 cm³/mol. The van der Waals surface area contributed by atoms with Crippen molar-refractivity contribution < 1.29 is 5.11 Å². The highest BCUT2D eigenvalue weighted by Crippen LogP contribution is 2.39. The van der Waals surface area contributed by atoms with Crippen molar-refractivity contribution in [3.05, 3.63) is 19.8 Å². The van der Waals surface area contributed by atoms with Crippen LogP contribution in [0.2, 0.25) is 0 Å². The van der Waals surface area contributed by atoms with Gasteiger partial charge < -0.3 is 5.11 Å². The minimum absolute atomic E-state index is 0.170. The third kappa shape index (κ3) is 1.45. The lowest BCUT2D eigenvalue weighted by molar-refractivity contribution is 0.285. The fourth-order valence-corrected chi connectivity index (χ4v) is 4.71. The van der Waals surface area contributed by atoms with E-state index in [2.05, 4.69) is 15.9 Å². The number of rotatable bonds is 1. The first-order valence-corrected chi connectivity index (χ1v) is 6.57. The van der Waals surface area contributed by atoms with Crippen LogP contribution < -0.4 is 0 Å². The molecule has 1 aliphatic heterocycles. The molecule has 1 nitrogen and oxygen atoms in total. The van der Waals surface area contributed by atoms with Crippen LogP contribution in [0.4, 0.5) is 0 Å². The third-order valence-corrected chi connectivity index (χ3v) is 5.44. The van der Waals surface area contributed by atoms with Gasteiger partial charge in [0.15, 0.2) is 0 Å². The van der Waals surface area contributed by atoms with Gasteiger partial charge in [-0.1, -0.05) is 0 Å². The predicted octanol–water partition coefficient (Wildman–Crippen LogP) is 2.79. The van der Waals surface area contributed by atoms with E-state index in [9.17, 15) is 0 Å². The monoisotopic (exact) mass is 264 g/mol. The summed E-state index contributed by atoms with van der Waals surface area (Å²) in [5.41, 5.74) is 1.42. The summed E-state index contributed by atoms with van der Waals surface area (Å²) in [6, 6.07) is 0. The first-order chi connectivity index (χ1) is 5.83. The van der Waals surface area contributed by atoms with Gasteiger partial charge in [0.05, 0.1) is 6.61 Å². The molecule has 0 fully saturated rings. The molecule has 1 aromatic heterocycles. The Hall–Kier alpha value is 0.490. The van der Waals surface area contributed by atoms with Crippen molar-refractivity contribution in [1.29, 1.82) is 0 Å². The molecule has 0 aromatic carbocycles. The minimum atomic E-state index is 0.170. The number of halogens is 1. The summed E-state index contributed by atoms with van der Waals surface area (Å²) in [6.45, 7) is 0.170.